The number of phenols is 1. The van der Waals surface area contributed by atoms with E-state index < -0.39 is 39.9 Å². The number of carbonyl (C=O) groups is 1. The predicted octanol–water partition coefficient (Wildman–Crippen LogP) is 3.98. The Morgan fingerprint density at radius 3 is 2.52 bits per heavy atom. The first-order chi connectivity index (χ1) is 15.2. The van der Waals surface area contributed by atoms with Crippen LogP contribution in [0.3, 0.4) is 0 Å². The maximum absolute atomic E-state index is 15.2. The van der Waals surface area contributed by atoms with Crippen LogP contribution in [0.1, 0.15) is 64.6 Å². The lowest BCUT2D eigenvalue weighted by atomic mass is 9.85. The number of phenolic OH excluding ortho intramolecular Hbond substituents is 1. The maximum atomic E-state index is 15.2. The van der Waals surface area contributed by atoms with E-state index in [0.717, 1.165) is 0 Å². The summed E-state index contributed by atoms with van der Waals surface area (Å²) in [7, 11) is 0. The fraction of sp³-hybridized carbons (Fsp3) is 0.696. The molecule has 3 rings (SSSR count). The summed E-state index contributed by atoms with van der Waals surface area (Å²) in [6.45, 7) is 11.7. The topological polar surface area (TPSA) is 94.1 Å². The summed E-state index contributed by atoms with van der Waals surface area (Å²) in [6.07, 6.45) is 0.425. The van der Waals surface area contributed by atoms with Crippen LogP contribution in [0.4, 0.5) is 4.39 Å². The van der Waals surface area contributed by atoms with Gasteiger partial charge in [0.25, 0.3) is 5.91 Å². The van der Waals surface area contributed by atoms with Crippen LogP contribution in [0.15, 0.2) is 6.07 Å². The lowest BCUT2D eigenvalue weighted by Gasteiger charge is -2.38. The van der Waals surface area contributed by atoms with Crippen molar-refractivity contribution in [3.05, 3.63) is 28.0 Å². The number of nitrogens with zero attached hydrogens (tertiary/aromatic N) is 1. The Kier molecular flexibility index (Phi) is 7.93. The molecule has 0 aromatic heterocycles. The van der Waals surface area contributed by atoms with E-state index in [9.17, 15) is 14.5 Å². The largest absolute Gasteiger partial charge is 0.598 e. The van der Waals surface area contributed by atoms with Crippen molar-refractivity contribution in [3.8, 4) is 5.75 Å². The number of piperidine rings is 1. The SMILES string of the molecule is Cc1cc(O)c(C(N[S@@+]([O-])C(C)(C)C)C2CCN(C(=O)[C@H]3COC(C)(C)O3)CC2)c(F)c1Cl. The number of aryl methyl sites for hydroxylation is 1. The zero-order valence-corrected chi connectivity index (χ0v) is 21.6. The van der Waals surface area contributed by atoms with Gasteiger partial charge in [0.15, 0.2) is 17.7 Å². The first-order valence-corrected chi connectivity index (χ1v) is 12.7. The molecule has 33 heavy (non-hydrogen) atoms. The van der Waals surface area contributed by atoms with Gasteiger partial charge in [-0.25, -0.2) is 4.39 Å². The molecule has 1 aromatic rings. The van der Waals surface area contributed by atoms with Crippen LogP contribution >= 0.6 is 11.6 Å². The third-order valence-corrected chi connectivity index (χ3v) is 8.16. The van der Waals surface area contributed by atoms with Gasteiger partial charge in [0.1, 0.15) is 10.5 Å². The average Bonchev–Trinajstić information content (AvgIpc) is 3.10. The first kappa shape index (κ1) is 26.5. The van der Waals surface area contributed by atoms with Crippen LogP contribution < -0.4 is 4.72 Å². The molecule has 2 N–H and O–H groups in total. The number of nitrogens with one attached hydrogen (secondary N) is 1. The van der Waals surface area contributed by atoms with Crippen molar-refractivity contribution in [1.82, 2.24) is 9.62 Å². The molecule has 1 unspecified atom stereocenters. The normalized spacial score (nSPS) is 23.5. The van der Waals surface area contributed by atoms with E-state index >= 15 is 4.39 Å². The number of halogens is 2. The molecule has 0 spiro atoms. The van der Waals surface area contributed by atoms with Gasteiger partial charge in [0.2, 0.25) is 0 Å². The Bertz CT molecular complexity index is 887. The fourth-order valence-corrected chi connectivity index (χ4v) is 5.25. The number of benzene rings is 1. The molecule has 0 radical (unpaired) electrons. The standard InChI is InChI=1S/C23H34ClFN2O5S/c1-13-11-15(28)17(19(25)18(13)24)20(26-33(30)22(2,3)4)14-7-9-27(10-8-14)21(29)16-12-31-23(5,6)32-16/h11,14,16,20,26,28H,7-10,12H2,1-6H3/t16-,20?,33+/m1/s1. The van der Waals surface area contributed by atoms with Crippen molar-refractivity contribution >= 4 is 28.9 Å². The van der Waals surface area contributed by atoms with E-state index in [2.05, 4.69) is 4.72 Å². The van der Waals surface area contributed by atoms with Crippen molar-refractivity contribution in [2.24, 2.45) is 5.92 Å². The van der Waals surface area contributed by atoms with Crippen LogP contribution in [0.2, 0.25) is 5.02 Å². The van der Waals surface area contributed by atoms with Gasteiger partial charge in [0.05, 0.1) is 23.2 Å². The van der Waals surface area contributed by atoms with Crippen LogP contribution in [0.25, 0.3) is 0 Å². The minimum absolute atomic E-state index is 0.0160. The summed E-state index contributed by atoms with van der Waals surface area (Å²) in [4.78, 5) is 14.6. The highest BCUT2D eigenvalue weighted by Crippen LogP contribution is 2.41. The molecule has 186 valence electrons. The molecule has 2 saturated heterocycles. The van der Waals surface area contributed by atoms with Gasteiger partial charge in [-0.2, -0.15) is 0 Å². The molecule has 0 aliphatic carbocycles. The van der Waals surface area contributed by atoms with Crippen molar-refractivity contribution in [2.45, 2.75) is 77.1 Å². The molecule has 1 aromatic carbocycles. The van der Waals surface area contributed by atoms with Crippen molar-refractivity contribution < 1.29 is 28.3 Å². The minimum Gasteiger partial charge on any atom is -0.598 e. The monoisotopic (exact) mass is 504 g/mol. The number of carbonyl (C=O) groups excluding carboxylic acids is 1. The van der Waals surface area contributed by atoms with Crippen molar-refractivity contribution in [1.29, 1.82) is 0 Å². The molecule has 0 saturated carbocycles. The summed E-state index contributed by atoms with van der Waals surface area (Å²) in [5.74, 6) is -2.03. The molecule has 1 amide bonds. The molecule has 7 nitrogen and oxygen atoms in total. The van der Waals surface area contributed by atoms with Crippen LogP contribution in [-0.2, 0) is 25.6 Å². The van der Waals surface area contributed by atoms with Gasteiger partial charge in [-0.15, -0.1) is 4.72 Å². The predicted molar refractivity (Wildman–Crippen MR) is 126 cm³/mol. The lowest BCUT2D eigenvalue weighted by molar-refractivity contribution is -0.161. The van der Waals surface area contributed by atoms with Crippen molar-refractivity contribution in [3.63, 3.8) is 0 Å². The number of likely N-dealkylation sites (tertiary alicyclic amines) is 1. The first-order valence-electron chi connectivity index (χ1n) is 11.2. The smallest absolute Gasteiger partial charge is 0.254 e. The molecular weight excluding hydrogens is 471 g/mol. The zero-order valence-electron chi connectivity index (χ0n) is 20.0. The number of hydrogen-bond donors (Lipinski definition) is 2. The second-order valence-electron chi connectivity index (χ2n) is 10.2. The summed E-state index contributed by atoms with van der Waals surface area (Å²) >= 11 is 4.64. The van der Waals surface area contributed by atoms with E-state index in [1.54, 1.807) is 25.7 Å². The molecule has 10 heteroatoms. The van der Waals surface area contributed by atoms with E-state index in [0.29, 0.717) is 31.5 Å². The highest BCUT2D eigenvalue weighted by molar-refractivity contribution is 7.90. The molecule has 2 fully saturated rings. The highest BCUT2D eigenvalue weighted by atomic mass is 35.5. The molecule has 3 atom stereocenters. The molecule has 2 aliphatic heterocycles. The summed E-state index contributed by atoms with van der Waals surface area (Å²) < 4.78 is 41.8. The highest BCUT2D eigenvalue weighted by Gasteiger charge is 2.42. The van der Waals surface area contributed by atoms with E-state index in [4.69, 9.17) is 21.1 Å². The quantitative estimate of drug-likeness (QED) is 0.589. The number of amides is 1. The Morgan fingerprint density at radius 2 is 2.00 bits per heavy atom. The van der Waals surface area contributed by atoms with Crippen molar-refractivity contribution in [2.75, 3.05) is 19.7 Å². The Hall–Kier alpha value is -1.10. The van der Waals surface area contributed by atoms with Gasteiger partial charge in [0, 0.05) is 24.5 Å². The zero-order chi connectivity index (χ0) is 24.7. The summed E-state index contributed by atoms with van der Waals surface area (Å²) in [5.41, 5.74) is 0.440. The Balaban J connectivity index is 1.80. The number of ether oxygens (including phenoxy) is 2. The van der Waals surface area contributed by atoms with Gasteiger partial charge >= 0.3 is 0 Å². The van der Waals surface area contributed by atoms with Gasteiger partial charge in [-0.1, -0.05) is 11.6 Å². The Morgan fingerprint density at radius 1 is 1.39 bits per heavy atom. The fourth-order valence-electron chi connectivity index (χ4n) is 4.19. The molecule has 0 bridgehead atoms. The number of rotatable bonds is 5. The second-order valence-corrected chi connectivity index (χ2v) is 12.6. The van der Waals surface area contributed by atoms with E-state index in [1.807, 2.05) is 20.8 Å². The van der Waals surface area contributed by atoms with Gasteiger partial charge < -0.3 is 24.0 Å². The number of aromatic hydroxyl groups is 1. The third-order valence-electron chi connectivity index (χ3n) is 6.11. The van der Waals surface area contributed by atoms with Gasteiger partial charge in [-0.3, -0.25) is 4.79 Å². The minimum atomic E-state index is -1.51. The number of hydrogen-bond acceptors (Lipinski definition) is 6. The molecular formula is C23H34ClFN2O5S. The van der Waals surface area contributed by atoms with Crippen LogP contribution in [-0.4, -0.2) is 56.8 Å². The summed E-state index contributed by atoms with van der Waals surface area (Å²) in [5, 5.41) is 10.5. The van der Waals surface area contributed by atoms with E-state index in [1.165, 1.54) is 6.07 Å². The van der Waals surface area contributed by atoms with Crippen LogP contribution in [0, 0.1) is 18.7 Å². The van der Waals surface area contributed by atoms with Gasteiger partial charge in [-0.05, 0) is 71.9 Å². The van der Waals surface area contributed by atoms with Crippen LogP contribution in [0.5, 0.6) is 5.75 Å². The Labute approximate surface area is 203 Å². The lowest BCUT2D eigenvalue weighted by Crippen LogP contribution is -2.48. The molecule has 2 heterocycles. The summed E-state index contributed by atoms with van der Waals surface area (Å²) in [6, 6.07) is 0.693. The molecule has 2 aliphatic rings. The maximum Gasteiger partial charge on any atom is 0.254 e. The third kappa shape index (κ3) is 5.94. The average molecular weight is 505 g/mol. The second kappa shape index (κ2) is 9.87. The van der Waals surface area contributed by atoms with E-state index in [-0.39, 0.29) is 34.8 Å².